The first-order chi connectivity index (χ1) is 6.33. The Hall–Kier alpha value is -0.590. The highest BCUT2D eigenvalue weighted by molar-refractivity contribution is 5.49. The van der Waals surface area contributed by atoms with Crippen LogP contribution in [0.2, 0.25) is 0 Å². The van der Waals surface area contributed by atoms with Crippen LogP contribution in [0.1, 0.15) is 51.9 Å². The molecule has 0 aromatic carbocycles. The Morgan fingerprint density at radius 1 is 1.31 bits per heavy atom. The van der Waals surface area contributed by atoms with E-state index in [1.54, 1.807) is 0 Å². The summed E-state index contributed by atoms with van der Waals surface area (Å²) in [5.41, 5.74) is 1.40. The molecule has 1 nitrogen and oxygen atoms in total. The summed E-state index contributed by atoms with van der Waals surface area (Å²) < 4.78 is 0. The van der Waals surface area contributed by atoms with Gasteiger partial charge in [0, 0.05) is 6.42 Å². The Bertz CT molecular complexity index is 176. The lowest BCUT2D eigenvalue weighted by Gasteiger charge is -2.18. The van der Waals surface area contributed by atoms with Crippen molar-refractivity contribution in [2.75, 3.05) is 0 Å². The number of rotatable bonds is 4. The third kappa shape index (κ3) is 4.25. The summed E-state index contributed by atoms with van der Waals surface area (Å²) in [4.78, 5) is 10.2. The molecule has 0 atom stereocenters. The van der Waals surface area contributed by atoms with Gasteiger partial charge in [0.2, 0.25) is 0 Å². The maximum atomic E-state index is 10.2. The van der Waals surface area contributed by atoms with Crippen LogP contribution in [0.25, 0.3) is 0 Å². The van der Waals surface area contributed by atoms with Gasteiger partial charge < -0.3 is 4.79 Å². The first kappa shape index (κ1) is 10.5. The van der Waals surface area contributed by atoms with E-state index in [0.29, 0.717) is 6.42 Å². The fourth-order valence-electron chi connectivity index (χ4n) is 2.07. The van der Waals surface area contributed by atoms with E-state index < -0.39 is 0 Å². The van der Waals surface area contributed by atoms with Crippen molar-refractivity contribution < 1.29 is 4.79 Å². The van der Waals surface area contributed by atoms with E-state index in [1.807, 2.05) is 0 Å². The zero-order valence-electron chi connectivity index (χ0n) is 8.59. The molecule has 1 fully saturated rings. The topological polar surface area (TPSA) is 17.1 Å². The van der Waals surface area contributed by atoms with Crippen molar-refractivity contribution in [2.24, 2.45) is 5.92 Å². The quantitative estimate of drug-likeness (QED) is 0.478. The maximum Gasteiger partial charge on any atom is 0.120 e. The molecule has 0 N–H and O–H groups in total. The van der Waals surface area contributed by atoms with Gasteiger partial charge in [-0.2, -0.15) is 0 Å². The van der Waals surface area contributed by atoms with Gasteiger partial charge in [0.15, 0.2) is 0 Å². The highest BCUT2D eigenvalue weighted by Gasteiger charge is 2.10. The average molecular weight is 180 g/mol. The lowest BCUT2D eigenvalue weighted by molar-refractivity contribution is -0.107. The van der Waals surface area contributed by atoms with Crippen molar-refractivity contribution in [1.29, 1.82) is 0 Å². The number of carbonyl (C=O) groups is 1. The van der Waals surface area contributed by atoms with Gasteiger partial charge in [0.25, 0.3) is 0 Å². The van der Waals surface area contributed by atoms with E-state index in [4.69, 9.17) is 0 Å². The second-order valence-electron chi connectivity index (χ2n) is 4.12. The van der Waals surface area contributed by atoms with Gasteiger partial charge in [-0.25, -0.2) is 0 Å². The zero-order chi connectivity index (χ0) is 9.52. The molecule has 0 aliphatic heterocycles. The molecule has 0 radical (unpaired) electrons. The fourth-order valence-corrected chi connectivity index (χ4v) is 2.07. The minimum absolute atomic E-state index is 0.690. The van der Waals surface area contributed by atoms with Crippen LogP contribution in [-0.2, 0) is 4.79 Å². The van der Waals surface area contributed by atoms with Crippen molar-refractivity contribution in [3.05, 3.63) is 11.6 Å². The highest BCUT2D eigenvalue weighted by Crippen LogP contribution is 2.26. The summed E-state index contributed by atoms with van der Waals surface area (Å²) in [6.07, 6.45) is 12.0. The molecule has 1 rings (SSSR count). The van der Waals surface area contributed by atoms with Crippen LogP contribution in [0.4, 0.5) is 0 Å². The van der Waals surface area contributed by atoms with Crippen LogP contribution >= 0.6 is 0 Å². The maximum absolute atomic E-state index is 10.2. The van der Waals surface area contributed by atoms with Crippen LogP contribution < -0.4 is 0 Å². The summed E-state index contributed by atoms with van der Waals surface area (Å²) in [7, 11) is 0. The van der Waals surface area contributed by atoms with Crippen LogP contribution in [0.5, 0.6) is 0 Å². The van der Waals surface area contributed by atoms with E-state index in [-0.39, 0.29) is 0 Å². The molecule has 13 heavy (non-hydrogen) atoms. The van der Waals surface area contributed by atoms with Gasteiger partial charge in [-0.3, -0.25) is 0 Å². The normalized spacial score (nSPS) is 20.2. The molecule has 1 heteroatoms. The molecular formula is C12H20O. The van der Waals surface area contributed by atoms with Gasteiger partial charge >= 0.3 is 0 Å². The number of allylic oxidation sites excluding steroid dienone is 2. The van der Waals surface area contributed by atoms with E-state index in [1.165, 1.54) is 37.7 Å². The molecule has 0 amide bonds. The van der Waals surface area contributed by atoms with Gasteiger partial charge in [-0.1, -0.05) is 30.9 Å². The molecule has 0 aromatic heterocycles. The van der Waals surface area contributed by atoms with Crippen molar-refractivity contribution >= 4 is 6.29 Å². The number of aldehydes is 1. The van der Waals surface area contributed by atoms with E-state index in [9.17, 15) is 4.79 Å². The molecule has 74 valence electrons. The van der Waals surface area contributed by atoms with Crippen molar-refractivity contribution in [2.45, 2.75) is 51.9 Å². The van der Waals surface area contributed by atoms with Gasteiger partial charge in [0.1, 0.15) is 6.29 Å². The monoisotopic (exact) mass is 180 g/mol. The van der Waals surface area contributed by atoms with Crippen molar-refractivity contribution in [3.63, 3.8) is 0 Å². The van der Waals surface area contributed by atoms with Gasteiger partial charge in [0.05, 0.1) is 0 Å². The average Bonchev–Trinajstić information content (AvgIpc) is 2.16. The minimum Gasteiger partial charge on any atom is -0.303 e. The summed E-state index contributed by atoms with van der Waals surface area (Å²) in [6, 6.07) is 0. The summed E-state index contributed by atoms with van der Waals surface area (Å²) in [5.74, 6) is 0.806. The zero-order valence-corrected chi connectivity index (χ0v) is 8.59. The van der Waals surface area contributed by atoms with Crippen LogP contribution in [0.3, 0.4) is 0 Å². The Balaban J connectivity index is 2.29. The number of hydrogen-bond donors (Lipinski definition) is 0. The van der Waals surface area contributed by atoms with Crippen LogP contribution in [0.15, 0.2) is 11.6 Å². The number of carbonyl (C=O) groups excluding carboxylic acids is 1. The molecule has 0 spiro atoms. The molecule has 1 saturated carbocycles. The Morgan fingerprint density at radius 3 is 2.62 bits per heavy atom. The first-order valence-electron chi connectivity index (χ1n) is 5.44. The predicted molar refractivity (Wildman–Crippen MR) is 55.6 cm³/mol. The molecule has 0 saturated heterocycles. The SMILES string of the molecule is CC(=CC1CCCCC1)CCC=O. The predicted octanol–water partition coefficient (Wildman–Crippen LogP) is 3.49. The highest BCUT2D eigenvalue weighted by atomic mass is 16.1. The Morgan fingerprint density at radius 2 is 2.00 bits per heavy atom. The summed E-state index contributed by atoms with van der Waals surface area (Å²) >= 11 is 0. The smallest absolute Gasteiger partial charge is 0.120 e. The van der Waals surface area contributed by atoms with Crippen molar-refractivity contribution in [1.82, 2.24) is 0 Å². The molecular weight excluding hydrogens is 160 g/mol. The molecule has 1 aliphatic rings. The molecule has 0 unspecified atom stereocenters. The molecule has 0 aromatic rings. The largest absolute Gasteiger partial charge is 0.303 e. The Kier molecular flexibility index (Phi) is 4.81. The third-order valence-corrected chi connectivity index (χ3v) is 2.83. The van der Waals surface area contributed by atoms with E-state index in [0.717, 1.165) is 18.6 Å². The second-order valence-corrected chi connectivity index (χ2v) is 4.12. The van der Waals surface area contributed by atoms with E-state index in [2.05, 4.69) is 13.0 Å². The standard InChI is InChI=1S/C12H20O/c1-11(6-5-9-13)10-12-7-3-2-4-8-12/h9-10,12H,2-8H2,1H3. The number of hydrogen-bond acceptors (Lipinski definition) is 1. The molecule has 1 aliphatic carbocycles. The van der Waals surface area contributed by atoms with Gasteiger partial charge in [-0.15, -0.1) is 0 Å². The van der Waals surface area contributed by atoms with Crippen molar-refractivity contribution in [3.8, 4) is 0 Å². The van der Waals surface area contributed by atoms with Gasteiger partial charge in [-0.05, 0) is 32.1 Å². The van der Waals surface area contributed by atoms with Crippen LogP contribution in [0, 0.1) is 5.92 Å². The third-order valence-electron chi connectivity index (χ3n) is 2.83. The summed E-state index contributed by atoms with van der Waals surface area (Å²) in [5, 5.41) is 0. The lowest BCUT2D eigenvalue weighted by Crippen LogP contribution is -2.03. The first-order valence-corrected chi connectivity index (χ1v) is 5.44. The Labute approximate surface area is 81.2 Å². The van der Waals surface area contributed by atoms with Crippen LogP contribution in [-0.4, -0.2) is 6.29 Å². The van der Waals surface area contributed by atoms with E-state index >= 15 is 0 Å². The second kappa shape index (κ2) is 5.95. The molecule has 0 heterocycles. The summed E-state index contributed by atoms with van der Waals surface area (Å²) in [6.45, 7) is 2.15. The minimum atomic E-state index is 0.690. The molecule has 0 bridgehead atoms. The lowest BCUT2D eigenvalue weighted by atomic mass is 9.87. The fraction of sp³-hybridized carbons (Fsp3) is 0.750.